The monoisotopic (exact) mass is 266 g/mol. The van der Waals surface area contributed by atoms with Gasteiger partial charge in [-0.2, -0.15) is 0 Å². The molecule has 0 radical (unpaired) electrons. The highest BCUT2D eigenvalue weighted by Gasteiger charge is 2.06. The van der Waals surface area contributed by atoms with Gasteiger partial charge in [0.05, 0.1) is 13.2 Å². The van der Waals surface area contributed by atoms with Gasteiger partial charge in [0.2, 0.25) is 0 Å². The van der Waals surface area contributed by atoms with Crippen LogP contribution in [0.1, 0.15) is 17.5 Å². The smallest absolute Gasteiger partial charge is 0.119 e. The minimum absolute atomic E-state index is 0.608. The summed E-state index contributed by atoms with van der Waals surface area (Å²) in [5.74, 6) is 0.908. The normalized spacial score (nSPS) is 14.7. The molecule has 0 amide bonds. The first kappa shape index (κ1) is 12.9. The molecule has 3 rings (SSSR count). The van der Waals surface area contributed by atoms with Crippen LogP contribution in [0.15, 0.2) is 60.7 Å². The lowest BCUT2D eigenvalue weighted by Gasteiger charge is -2.14. The summed E-state index contributed by atoms with van der Waals surface area (Å²) in [6.07, 6.45) is 3.15. The topological polar surface area (TPSA) is 18.5 Å². The zero-order chi connectivity index (χ0) is 13.6. The van der Waals surface area contributed by atoms with Gasteiger partial charge in [0.15, 0.2) is 0 Å². The highest BCUT2D eigenvalue weighted by Crippen LogP contribution is 2.23. The van der Waals surface area contributed by atoms with Gasteiger partial charge in [-0.1, -0.05) is 48.5 Å². The average molecular weight is 266 g/mol. The molecule has 0 unspecified atom stereocenters. The number of rotatable bonds is 4. The lowest BCUT2D eigenvalue weighted by molar-refractivity contribution is 0.161. The Bertz CT molecular complexity index is 570. The molecule has 0 bridgehead atoms. The summed E-state index contributed by atoms with van der Waals surface area (Å²) in [4.78, 5) is 0. The van der Waals surface area contributed by atoms with E-state index in [0.29, 0.717) is 6.61 Å². The van der Waals surface area contributed by atoms with Crippen molar-refractivity contribution in [3.05, 3.63) is 71.8 Å². The molecule has 0 aromatic heterocycles. The van der Waals surface area contributed by atoms with Gasteiger partial charge < -0.3 is 9.47 Å². The van der Waals surface area contributed by atoms with E-state index in [0.717, 1.165) is 25.4 Å². The maximum atomic E-state index is 5.79. The minimum atomic E-state index is 0.608. The van der Waals surface area contributed by atoms with E-state index in [2.05, 4.69) is 30.3 Å². The first-order valence-electron chi connectivity index (χ1n) is 6.96. The second kappa shape index (κ2) is 6.40. The highest BCUT2D eigenvalue weighted by molar-refractivity contribution is 5.66. The van der Waals surface area contributed by atoms with Crippen LogP contribution in [0, 0.1) is 0 Å². The lowest BCUT2D eigenvalue weighted by atomic mass is 10.0. The Hall–Kier alpha value is -2.06. The second-order valence-electron chi connectivity index (χ2n) is 4.85. The molecule has 0 saturated carbocycles. The summed E-state index contributed by atoms with van der Waals surface area (Å²) in [7, 11) is 0. The molecule has 0 atom stereocenters. The van der Waals surface area contributed by atoms with Crippen molar-refractivity contribution in [3.8, 4) is 5.75 Å². The van der Waals surface area contributed by atoms with E-state index in [1.54, 1.807) is 0 Å². The third kappa shape index (κ3) is 3.28. The predicted octanol–water partition coefficient (Wildman–Crippen LogP) is 4.07. The van der Waals surface area contributed by atoms with E-state index < -0.39 is 0 Å². The van der Waals surface area contributed by atoms with Crippen molar-refractivity contribution in [2.75, 3.05) is 13.2 Å². The molecular formula is C18H18O2. The SMILES string of the molecule is C1=C(c2ccc(OCc3ccccc3)cc2)CCOC1. The molecule has 0 aliphatic carbocycles. The summed E-state index contributed by atoms with van der Waals surface area (Å²) in [6.45, 7) is 2.15. The van der Waals surface area contributed by atoms with Gasteiger partial charge in [0.1, 0.15) is 12.4 Å². The fraction of sp³-hybridized carbons (Fsp3) is 0.222. The van der Waals surface area contributed by atoms with E-state index in [4.69, 9.17) is 9.47 Å². The standard InChI is InChI=1S/C18H18O2/c1-2-4-15(5-3-1)14-20-18-8-6-16(7-9-18)17-10-12-19-13-11-17/h1-10H,11-14H2. The summed E-state index contributed by atoms with van der Waals surface area (Å²) in [5, 5.41) is 0. The predicted molar refractivity (Wildman–Crippen MR) is 80.6 cm³/mol. The molecule has 0 N–H and O–H groups in total. The van der Waals surface area contributed by atoms with E-state index in [-0.39, 0.29) is 0 Å². The highest BCUT2D eigenvalue weighted by atomic mass is 16.5. The van der Waals surface area contributed by atoms with Crippen LogP contribution < -0.4 is 4.74 Å². The molecule has 2 aromatic carbocycles. The van der Waals surface area contributed by atoms with Crippen molar-refractivity contribution in [1.82, 2.24) is 0 Å². The van der Waals surface area contributed by atoms with Crippen molar-refractivity contribution in [3.63, 3.8) is 0 Å². The van der Waals surface area contributed by atoms with E-state index in [1.165, 1.54) is 16.7 Å². The summed E-state index contributed by atoms with van der Waals surface area (Å²) < 4.78 is 11.1. The molecule has 0 spiro atoms. The zero-order valence-corrected chi connectivity index (χ0v) is 11.4. The van der Waals surface area contributed by atoms with Crippen LogP contribution in [0.4, 0.5) is 0 Å². The van der Waals surface area contributed by atoms with Crippen molar-refractivity contribution in [2.45, 2.75) is 13.0 Å². The Balaban J connectivity index is 1.63. The average Bonchev–Trinajstić information content (AvgIpc) is 2.55. The first-order valence-corrected chi connectivity index (χ1v) is 6.96. The van der Waals surface area contributed by atoms with Crippen molar-refractivity contribution >= 4 is 5.57 Å². The van der Waals surface area contributed by atoms with Crippen LogP contribution in [-0.4, -0.2) is 13.2 Å². The molecule has 0 saturated heterocycles. The van der Waals surface area contributed by atoms with Crippen molar-refractivity contribution < 1.29 is 9.47 Å². The number of benzene rings is 2. The Kier molecular flexibility index (Phi) is 4.14. The van der Waals surface area contributed by atoms with Crippen molar-refractivity contribution in [2.24, 2.45) is 0 Å². The van der Waals surface area contributed by atoms with Gasteiger partial charge in [-0.25, -0.2) is 0 Å². The van der Waals surface area contributed by atoms with Crippen LogP contribution in [0.2, 0.25) is 0 Å². The summed E-state index contributed by atoms with van der Waals surface area (Å²) in [6, 6.07) is 18.5. The number of hydrogen-bond donors (Lipinski definition) is 0. The third-order valence-corrected chi connectivity index (χ3v) is 3.44. The first-order chi connectivity index (χ1) is 9.92. The molecule has 2 nitrogen and oxygen atoms in total. The fourth-order valence-electron chi connectivity index (χ4n) is 2.30. The Morgan fingerprint density at radius 2 is 1.75 bits per heavy atom. The molecular weight excluding hydrogens is 248 g/mol. The Labute approximate surface area is 119 Å². The maximum absolute atomic E-state index is 5.79. The molecule has 1 aliphatic rings. The number of ether oxygens (including phenoxy) is 2. The summed E-state index contributed by atoms with van der Waals surface area (Å²) in [5.41, 5.74) is 3.81. The molecule has 0 fully saturated rings. The molecule has 102 valence electrons. The second-order valence-corrected chi connectivity index (χ2v) is 4.85. The maximum Gasteiger partial charge on any atom is 0.119 e. The molecule has 20 heavy (non-hydrogen) atoms. The Morgan fingerprint density at radius 1 is 0.950 bits per heavy atom. The van der Waals surface area contributed by atoms with Crippen LogP contribution >= 0.6 is 0 Å². The zero-order valence-electron chi connectivity index (χ0n) is 11.4. The van der Waals surface area contributed by atoms with E-state index >= 15 is 0 Å². The van der Waals surface area contributed by atoms with Gasteiger partial charge in [0, 0.05) is 0 Å². The lowest BCUT2D eigenvalue weighted by Crippen LogP contribution is -2.03. The largest absolute Gasteiger partial charge is 0.489 e. The molecule has 1 aliphatic heterocycles. The van der Waals surface area contributed by atoms with Crippen LogP contribution in [-0.2, 0) is 11.3 Å². The van der Waals surface area contributed by atoms with Crippen LogP contribution in [0.5, 0.6) is 5.75 Å². The third-order valence-electron chi connectivity index (χ3n) is 3.44. The minimum Gasteiger partial charge on any atom is -0.489 e. The molecule has 2 aromatic rings. The fourth-order valence-corrected chi connectivity index (χ4v) is 2.30. The van der Waals surface area contributed by atoms with E-state index in [1.807, 2.05) is 30.3 Å². The Morgan fingerprint density at radius 3 is 2.45 bits per heavy atom. The van der Waals surface area contributed by atoms with Gasteiger partial charge in [0.25, 0.3) is 0 Å². The van der Waals surface area contributed by atoms with Gasteiger partial charge in [-0.05, 0) is 35.3 Å². The van der Waals surface area contributed by atoms with Crippen molar-refractivity contribution in [1.29, 1.82) is 0 Å². The number of hydrogen-bond acceptors (Lipinski definition) is 2. The molecule has 1 heterocycles. The van der Waals surface area contributed by atoms with E-state index in [9.17, 15) is 0 Å². The quantitative estimate of drug-likeness (QED) is 0.830. The summed E-state index contributed by atoms with van der Waals surface area (Å²) >= 11 is 0. The van der Waals surface area contributed by atoms with Gasteiger partial charge >= 0.3 is 0 Å². The molecule has 2 heteroatoms. The van der Waals surface area contributed by atoms with Crippen LogP contribution in [0.3, 0.4) is 0 Å². The van der Waals surface area contributed by atoms with Gasteiger partial charge in [-0.15, -0.1) is 0 Å². The van der Waals surface area contributed by atoms with Gasteiger partial charge in [-0.3, -0.25) is 0 Å². The van der Waals surface area contributed by atoms with Crippen LogP contribution in [0.25, 0.3) is 5.57 Å².